The van der Waals surface area contributed by atoms with Crippen LogP contribution in [0.4, 0.5) is 0 Å². The van der Waals surface area contributed by atoms with Crippen molar-refractivity contribution in [1.29, 1.82) is 0 Å². The molecule has 0 amide bonds. The predicted molar refractivity (Wildman–Crippen MR) is 79.5 cm³/mol. The SMILES string of the molecule is CCCC[C@H]1CCC[C@@H]2c3ccc(O)cc3CC[C@@H]12. The molecule has 0 bridgehead atoms. The first-order chi connectivity index (χ1) is 9.29. The first-order valence-electron chi connectivity index (χ1n) is 8.11. The Morgan fingerprint density at radius 1 is 1.21 bits per heavy atom. The fourth-order valence-corrected chi connectivity index (χ4v) is 4.50. The van der Waals surface area contributed by atoms with Crippen LogP contribution in [-0.2, 0) is 6.42 Å². The van der Waals surface area contributed by atoms with Crippen LogP contribution in [-0.4, -0.2) is 5.11 Å². The van der Waals surface area contributed by atoms with Gasteiger partial charge in [-0.3, -0.25) is 0 Å². The van der Waals surface area contributed by atoms with E-state index in [0.717, 1.165) is 17.8 Å². The average molecular weight is 258 g/mol. The summed E-state index contributed by atoms with van der Waals surface area (Å²) in [6.45, 7) is 2.30. The summed E-state index contributed by atoms with van der Waals surface area (Å²) in [4.78, 5) is 0. The Bertz CT molecular complexity index is 437. The van der Waals surface area contributed by atoms with Crippen LogP contribution in [0.5, 0.6) is 5.75 Å². The number of hydrogen-bond acceptors (Lipinski definition) is 1. The Balaban J connectivity index is 1.82. The van der Waals surface area contributed by atoms with Gasteiger partial charge in [0.25, 0.3) is 0 Å². The Morgan fingerprint density at radius 2 is 2.11 bits per heavy atom. The minimum atomic E-state index is 0.440. The number of fused-ring (bicyclic) bond motifs is 3. The zero-order valence-electron chi connectivity index (χ0n) is 12.1. The first kappa shape index (κ1) is 13.0. The second-order valence-electron chi connectivity index (χ2n) is 6.53. The van der Waals surface area contributed by atoms with Gasteiger partial charge in [0.15, 0.2) is 0 Å². The van der Waals surface area contributed by atoms with E-state index in [1.54, 1.807) is 5.56 Å². The Hall–Kier alpha value is -0.980. The van der Waals surface area contributed by atoms with Gasteiger partial charge >= 0.3 is 0 Å². The van der Waals surface area contributed by atoms with Crippen molar-refractivity contribution in [3.8, 4) is 5.75 Å². The number of hydrogen-bond donors (Lipinski definition) is 1. The minimum absolute atomic E-state index is 0.440. The Labute approximate surface area is 117 Å². The van der Waals surface area contributed by atoms with Crippen molar-refractivity contribution in [3.63, 3.8) is 0 Å². The lowest BCUT2D eigenvalue weighted by Crippen LogP contribution is -2.31. The number of benzene rings is 1. The molecule has 0 aliphatic heterocycles. The molecule has 3 rings (SSSR count). The summed E-state index contributed by atoms with van der Waals surface area (Å²) >= 11 is 0. The maximum absolute atomic E-state index is 9.65. The van der Waals surface area contributed by atoms with E-state index in [4.69, 9.17) is 0 Å². The van der Waals surface area contributed by atoms with E-state index < -0.39 is 0 Å². The third-order valence-electron chi connectivity index (χ3n) is 5.41. The van der Waals surface area contributed by atoms with Gasteiger partial charge in [0.05, 0.1) is 0 Å². The van der Waals surface area contributed by atoms with Gasteiger partial charge in [-0.1, -0.05) is 45.1 Å². The van der Waals surface area contributed by atoms with Crippen LogP contribution in [0.2, 0.25) is 0 Å². The van der Waals surface area contributed by atoms with Gasteiger partial charge in [-0.2, -0.15) is 0 Å². The van der Waals surface area contributed by atoms with E-state index in [1.165, 1.54) is 56.9 Å². The van der Waals surface area contributed by atoms with Crippen LogP contribution in [0.1, 0.15) is 68.9 Å². The summed E-state index contributed by atoms with van der Waals surface area (Å²) in [5.41, 5.74) is 2.97. The molecule has 1 aromatic carbocycles. The van der Waals surface area contributed by atoms with Crippen LogP contribution in [0.3, 0.4) is 0 Å². The lowest BCUT2D eigenvalue weighted by Gasteiger charge is -2.42. The summed E-state index contributed by atoms with van der Waals surface area (Å²) in [6, 6.07) is 6.09. The van der Waals surface area contributed by atoms with Crippen LogP contribution >= 0.6 is 0 Å². The molecule has 0 aromatic heterocycles. The van der Waals surface area contributed by atoms with Crippen LogP contribution < -0.4 is 0 Å². The average Bonchev–Trinajstić information content (AvgIpc) is 2.44. The second-order valence-corrected chi connectivity index (χ2v) is 6.53. The maximum Gasteiger partial charge on any atom is 0.115 e. The van der Waals surface area contributed by atoms with Crippen molar-refractivity contribution in [3.05, 3.63) is 29.3 Å². The lowest BCUT2D eigenvalue weighted by atomic mass is 9.62. The Kier molecular flexibility index (Phi) is 3.81. The molecule has 0 radical (unpaired) electrons. The number of unbranched alkanes of at least 4 members (excludes halogenated alkanes) is 1. The molecule has 1 saturated carbocycles. The van der Waals surface area contributed by atoms with Gasteiger partial charge < -0.3 is 5.11 Å². The summed E-state index contributed by atoms with van der Waals surface area (Å²) in [5, 5.41) is 9.65. The molecule has 1 N–H and O–H groups in total. The van der Waals surface area contributed by atoms with Gasteiger partial charge in [0.1, 0.15) is 5.75 Å². The number of rotatable bonds is 3. The molecule has 19 heavy (non-hydrogen) atoms. The largest absolute Gasteiger partial charge is 0.508 e. The molecule has 1 fully saturated rings. The lowest BCUT2D eigenvalue weighted by molar-refractivity contribution is 0.168. The van der Waals surface area contributed by atoms with Crippen molar-refractivity contribution in [1.82, 2.24) is 0 Å². The van der Waals surface area contributed by atoms with Crippen LogP contribution in [0.25, 0.3) is 0 Å². The monoisotopic (exact) mass is 258 g/mol. The number of aryl methyl sites for hydroxylation is 1. The summed E-state index contributed by atoms with van der Waals surface area (Å²) in [5.74, 6) is 3.09. The third-order valence-corrected chi connectivity index (χ3v) is 5.41. The molecule has 3 atom stereocenters. The third kappa shape index (κ3) is 2.52. The molecular formula is C18H26O. The molecule has 1 aromatic rings. The normalized spacial score (nSPS) is 29.6. The zero-order valence-corrected chi connectivity index (χ0v) is 12.1. The standard InChI is InChI=1S/C18H26O/c1-2-3-5-13-6-4-7-18-16(13)10-8-14-12-15(19)9-11-17(14)18/h9,11-13,16,18-19H,2-8,10H2,1H3/t13-,16-,18-/m0/s1. The predicted octanol–water partition coefficient (Wildman–Crippen LogP) is 5.03. The van der Waals surface area contributed by atoms with Crippen molar-refractivity contribution < 1.29 is 5.11 Å². The van der Waals surface area contributed by atoms with E-state index in [1.807, 2.05) is 12.1 Å². The first-order valence-corrected chi connectivity index (χ1v) is 8.11. The smallest absolute Gasteiger partial charge is 0.115 e. The van der Waals surface area contributed by atoms with E-state index in [9.17, 15) is 5.11 Å². The molecule has 0 heterocycles. The van der Waals surface area contributed by atoms with Crippen molar-refractivity contribution in [2.24, 2.45) is 11.8 Å². The van der Waals surface area contributed by atoms with Crippen LogP contribution in [0.15, 0.2) is 18.2 Å². The summed E-state index contributed by atoms with van der Waals surface area (Å²) in [7, 11) is 0. The van der Waals surface area contributed by atoms with E-state index in [2.05, 4.69) is 13.0 Å². The molecule has 0 saturated heterocycles. The fraction of sp³-hybridized carbons (Fsp3) is 0.667. The number of aromatic hydroxyl groups is 1. The highest BCUT2D eigenvalue weighted by molar-refractivity contribution is 5.39. The molecule has 2 aliphatic carbocycles. The van der Waals surface area contributed by atoms with Gasteiger partial charge in [0.2, 0.25) is 0 Å². The van der Waals surface area contributed by atoms with Gasteiger partial charge in [-0.15, -0.1) is 0 Å². The molecule has 1 nitrogen and oxygen atoms in total. The number of phenols is 1. The molecule has 2 aliphatic rings. The molecular weight excluding hydrogens is 232 g/mol. The van der Waals surface area contributed by atoms with E-state index in [-0.39, 0.29) is 0 Å². The minimum Gasteiger partial charge on any atom is -0.508 e. The Morgan fingerprint density at radius 3 is 2.95 bits per heavy atom. The van der Waals surface area contributed by atoms with Crippen molar-refractivity contribution in [2.75, 3.05) is 0 Å². The molecule has 0 spiro atoms. The van der Waals surface area contributed by atoms with E-state index in [0.29, 0.717) is 5.75 Å². The number of phenolic OH excluding ortho intramolecular Hbond substituents is 1. The molecule has 104 valence electrons. The topological polar surface area (TPSA) is 20.2 Å². The second kappa shape index (κ2) is 5.56. The zero-order chi connectivity index (χ0) is 13.2. The van der Waals surface area contributed by atoms with Crippen LogP contribution in [0, 0.1) is 11.8 Å². The quantitative estimate of drug-likeness (QED) is 0.806. The van der Waals surface area contributed by atoms with Crippen molar-refractivity contribution >= 4 is 0 Å². The summed E-state index contributed by atoms with van der Waals surface area (Å²) < 4.78 is 0. The highest BCUT2D eigenvalue weighted by atomic mass is 16.3. The maximum atomic E-state index is 9.65. The van der Waals surface area contributed by atoms with E-state index >= 15 is 0 Å². The van der Waals surface area contributed by atoms with Crippen molar-refractivity contribution in [2.45, 2.75) is 64.2 Å². The summed E-state index contributed by atoms with van der Waals surface area (Å²) in [6.07, 6.45) is 10.9. The highest BCUT2D eigenvalue weighted by Crippen LogP contribution is 2.49. The molecule has 0 unspecified atom stereocenters. The van der Waals surface area contributed by atoms with Gasteiger partial charge in [-0.05, 0) is 60.3 Å². The van der Waals surface area contributed by atoms with Gasteiger partial charge in [0, 0.05) is 0 Å². The fourth-order valence-electron chi connectivity index (χ4n) is 4.50. The van der Waals surface area contributed by atoms with Gasteiger partial charge in [-0.25, -0.2) is 0 Å². The molecule has 1 heteroatoms. The highest BCUT2D eigenvalue weighted by Gasteiger charge is 2.37.